The Morgan fingerprint density at radius 2 is 1.81 bits per heavy atom. The van der Waals surface area contributed by atoms with Crippen LogP contribution in [-0.2, 0) is 11.2 Å². The van der Waals surface area contributed by atoms with E-state index in [1.807, 2.05) is 74.6 Å². The van der Waals surface area contributed by atoms with Crippen molar-refractivity contribution in [2.24, 2.45) is 0 Å². The number of imidazole rings is 1. The molecule has 0 unspecified atom stereocenters. The van der Waals surface area contributed by atoms with Crippen LogP contribution in [0.1, 0.15) is 17.1 Å². The van der Waals surface area contributed by atoms with E-state index in [0.717, 1.165) is 22.8 Å². The summed E-state index contributed by atoms with van der Waals surface area (Å²) in [6, 6.07) is 17.7. The van der Waals surface area contributed by atoms with Crippen molar-refractivity contribution in [1.82, 2.24) is 14.9 Å². The molecule has 0 saturated carbocycles. The molecule has 5 nitrogen and oxygen atoms in total. The normalized spacial score (nSPS) is 10.5. The Kier molecular flexibility index (Phi) is 5.69. The highest BCUT2D eigenvalue weighted by atomic mass is 16.5. The Hall–Kier alpha value is -3.08. The number of aromatic nitrogens is 2. The summed E-state index contributed by atoms with van der Waals surface area (Å²) in [6.45, 7) is 4.53. The molecule has 0 aliphatic heterocycles. The zero-order chi connectivity index (χ0) is 18.4. The number of hydrogen-bond donors (Lipinski definition) is 1. The Morgan fingerprint density at radius 1 is 1.08 bits per heavy atom. The van der Waals surface area contributed by atoms with Gasteiger partial charge in [-0.2, -0.15) is 0 Å². The summed E-state index contributed by atoms with van der Waals surface area (Å²) in [5.74, 6) is 1.49. The van der Waals surface area contributed by atoms with Gasteiger partial charge < -0.3 is 14.6 Å². The van der Waals surface area contributed by atoms with Crippen LogP contribution in [0, 0.1) is 13.8 Å². The minimum absolute atomic E-state index is 0.0144. The largest absolute Gasteiger partial charge is 0.484 e. The molecule has 3 aromatic rings. The van der Waals surface area contributed by atoms with Gasteiger partial charge in [0, 0.05) is 24.8 Å². The first kappa shape index (κ1) is 17.7. The number of para-hydroxylation sites is 1. The van der Waals surface area contributed by atoms with E-state index < -0.39 is 0 Å². The van der Waals surface area contributed by atoms with Crippen LogP contribution in [0.3, 0.4) is 0 Å². The maximum Gasteiger partial charge on any atom is 0.257 e. The van der Waals surface area contributed by atoms with Crippen molar-refractivity contribution in [3.05, 3.63) is 77.9 Å². The van der Waals surface area contributed by atoms with Gasteiger partial charge in [-0.05, 0) is 38.1 Å². The predicted molar refractivity (Wildman–Crippen MR) is 102 cm³/mol. The van der Waals surface area contributed by atoms with Crippen LogP contribution in [0.15, 0.2) is 60.8 Å². The van der Waals surface area contributed by atoms with Crippen LogP contribution in [0.2, 0.25) is 0 Å². The fourth-order valence-electron chi connectivity index (χ4n) is 2.67. The fourth-order valence-corrected chi connectivity index (χ4v) is 2.67. The van der Waals surface area contributed by atoms with Gasteiger partial charge in [0.05, 0.1) is 5.69 Å². The molecule has 0 aliphatic rings. The van der Waals surface area contributed by atoms with E-state index in [1.54, 1.807) is 0 Å². The Bertz CT molecular complexity index is 855. The SMILES string of the molecule is Cc1ccc(OCC(=O)NCCc2cn(-c3ccccc3)c(C)n2)cc1. The second-order valence-electron chi connectivity index (χ2n) is 6.19. The van der Waals surface area contributed by atoms with Crippen LogP contribution in [0.25, 0.3) is 5.69 Å². The molecule has 3 rings (SSSR count). The van der Waals surface area contributed by atoms with Gasteiger partial charge in [0.2, 0.25) is 0 Å². The Balaban J connectivity index is 1.46. The van der Waals surface area contributed by atoms with Gasteiger partial charge in [-0.25, -0.2) is 4.98 Å². The lowest BCUT2D eigenvalue weighted by atomic mass is 10.2. The lowest BCUT2D eigenvalue weighted by Crippen LogP contribution is -2.30. The third-order valence-corrected chi connectivity index (χ3v) is 4.06. The Morgan fingerprint density at radius 3 is 2.54 bits per heavy atom. The average molecular weight is 349 g/mol. The Labute approximate surface area is 153 Å². The zero-order valence-electron chi connectivity index (χ0n) is 15.1. The summed E-state index contributed by atoms with van der Waals surface area (Å²) in [5.41, 5.74) is 3.19. The van der Waals surface area contributed by atoms with Gasteiger partial charge in [0.25, 0.3) is 5.91 Å². The van der Waals surface area contributed by atoms with Crippen LogP contribution in [0.5, 0.6) is 5.75 Å². The molecule has 26 heavy (non-hydrogen) atoms. The fraction of sp³-hybridized carbons (Fsp3) is 0.238. The smallest absolute Gasteiger partial charge is 0.257 e. The van der Waals surface area contributed by atoms with Crippen molar-refractivity contribution < 1.29 is 9.53 Å². The average Bonchev–Trinajstić information content (AvgIpc) is 3.02. The molecule has 134 valence electrons. The molecule has 5 heteroatoms. The molecule has 0 fully saturated rings. The van der Waals surface area contributed by atoms with Gasteiger partial charge in [-0.15, -0.1) is 0 Å². The van der Waals surface area contributed by atoms with Crippen LogP contribution in [-0.4, -0.2) is 28.6 Å². The third-order valence-electron chi connectivity index (χ3n) is 4.06. The van der Waals surface area contributed by atoms with E-state index in [1.165, 1.54) is 0 Å². The van der Waals surface area contributed by atoms with Crippen molar-refractivity contribution >= 4 is 5.91 Å². The lowest BCUT2D eigenvalue weighted by Gasteiger charge is -2.07. The number of amides is 1. The number of nitrogens with zero attached hydrogens (tertiary/aromatic N) is 2. The third kappa shape index (κ3) is 4.72. The van der Waals surface area contributed by atoms with Crippen LogP contribution < -0.4 is 10.1 Å². The number of nitrogens with one attached hydrogen (secondary N) is 1. The summed E-state index contributed by atoms with van der Waals surface area (Å²) in [4.78, 5) is 16.5. The summed E-state index contributed by atoms with van der Waals surface area (Å²) >= 11 is 0. The van der Waals surface area contributed by atoms with E-state index in [0.29, 0.717) is 18.7 Å². The second-order valence-corrected chi connectivity index (χ2v) is 6.19. The molecule has 0 aliphatic carbocycles. The first-order valence-corrected chi connectivity index (χ1v) is 8.68. The van der Waals surface area contributed by atoms with E-state index >= 15 is 0 Å². The van der Waals surface area contributed by atoms with E-state index in [-0.39, 0.29) is 12.5 Å². The van der Waals surface area contributed by atoms with E-state index in [4.69, 9.17) is 4.74 Å². The molecule has 1 N–H and O–H groups in total. The summed E-state index contributed by atoms with van der Waals surface area (Å²) in [6.07, 6.45) is 2.69. The van der Waals surface area contributed by atoms with Gasteiger partial charge in [-0.3, -0.25) is 4.79 Å². The molecule has 0 bridgehead atoms. The molecule has 2 aromatic carbocycles. The van der Waals surface area contributed by atoms with Crippen molar-refractivity contribution in [1.29, 1.82) is 0 Å². The van der Waals surface area contributed by atoms with E-state index in [9.17, 15) is 4.79 Å². The number of rotatable bonds is 7. The van der Waals surface area contributed by atoms with Crippen LogP contribution in [0.4, 0.5) is 0 Å². The molecule has 0 atom stereocenters. The summed E-state index contributed by atoms with van der Waals surface area (Å²) < 4.78 is 7.53. The molecular formula is C21H23N3O2. The zero-order valence-corrected chi connectivity index (χ0v) is 15.1. The standard InChI is InChI=1S/C21H23N3O2/c1-16-8-10-20(11-9-16)26-15-21(25)22-13-12-18-14-24(17(2)23-18)19-6-4-3-5-7-19/h3-11,14H,12-13,15H2,1-2H3,(H,22,25). The lowest BCUT2D eigenvalue weighted by molar-refractivity contribution is -0.123. The topological polar surface area (TPSA) is 56.1 Å². The molecule has 0 radical (unpaired) electrons. The first-order chi connectivity index (χ1) is 12.6. The van der Waals surface area contributed by atoms with Crippen molar-refractivity contribution in [3.8, 4) is 11.4 Å². The molecule has 1 amide bonds. The highest BCUT2D eigenvalue weighted by Gasteiger charge is 2.07. The minimum Gasteiger partial charge on any atom is -0.484 e. The molecule has 0 saturated heterocycles. The van der Waals surface area contributed by atoms with Crippen molar-refractivity contribution in [2.45, 2.75) is 20.3 Å². The van der Waals surface area contributed by atoms with E-state index in [2.05, 4.69) is 14.9 Å². The number of carbonyl (C=O) groups is 1. The van der Waals surface area contributed by atoms with Gasteiger partial charge in [0.1, 0.15) is 11.6 Å². The summed E-state index contributed by atoms with van der Waals surface area (Å²) in [5, 5.41) is 2.87. The number of aryl methyl sites for hydroxylation is 2. The van der Waals surface area contributed by atoms with Crippen LogP contribution >= 0.6 is 0 Å². The minimum atomic E-state index is -0.134. The number of hydrogen-bond acceptors (Lipinski definition) is 3. The van der Waals surface area contributed by atoms with Crippen molar-refractivity contribution in [2.75, 3.05) is 13.2 Å². The number of ether oxygens (including phenoxy) is 1. The number of carbonyl (C=O) groups excluding carboxylic acids is 1. The highest BCUT2D eigenvalue weighted by molar-refractivity contribution is 5.77. The quantitative estimate of drug-likeness (QED) is 0.712. The van der Waals surface area contributed by atoms with Gasteiger partial charge >= 0.3 is 0 Å². The summed E-state index contributed by atoms with van der Waals surface area (Å²) in [7, 11) is 0. The number of benzene rings is 2. The molecule has 1 aromatic heterocycles. The maximum atomic E-state index is 11.9. The monoisotopic (exact) mass is 349 g/mol. The highest BCUT2D eigenvalue weighted by Crippen LogP contribution is 2.12. The predicted octanol–water partition coefficient (Wildman–Crippen LogP) is 3.23. The second kappa shape index (κ2) is 8.34. The molecule has 1 heterocycles. The van der Waals surface area contributed by atoms with Gasteiger partial charge in [-0.1, -0.05) is 35.9 Å². The molecular weight excluding hydrogens is 326 g/mol. The van der Waals surface area contributed by atoms with Gasteiger partial charge in [0.15, 0.2) is 6.61 Å². The first-order valence-electron chi connectivity index (χ1n) is 8.68. The maximum absolute atomic E-state index is 11.9. The van der Waals surface area contributed by atoms with Crippen molar-refractivity contribution in [3.63, 3.8) is 0 Å². The molecule has 0 spiro atoms.